The van der Waals surface area contributed by atoms with E-state index in [9.17, 15) is 24.3 Å². The zero-order valence-corrected chi connectivity index (χ0v) is 22.5. The van der Waals surface area contributed by atoms with Gasteiger partial charge >= 0.3 is 5.97 Å². The highest BCUT2D eigenvalue weighted by Crippen LogP contribution is 2.23. The van der Waals surface area contributed by atoms with Crippen molar-refractivity contribution in [3.8, 4) is 5.75 Å². The Morgan fingerprint density at radius 1 is 0.892 bits per heavy atom. The monoisotopic (exact) mass is 528 g/mol. The second kappa shape index (κ2) is 15.0. The average Bonchev–Trinajstić information content (AvgIpc) is 2.83. The van der Waals surface area contributed by atoms with Gasteiger partial charge in [0.2, 0.25) is 11.8 Å². The Hall–Kier alpha value is -3.33. The van der Waals surface area contributed by atoms with Gasteiger partial charge in [-0.3, -0.25) is 14.4 Å². The van der Waals surface area contributed by atoms with Gasteiger partial charge in [0.15, 0.2) is 5.12 Å². The van der Waals surface area contributed by atoms with Crippen molar-refractivity contribution in [3.63, 3.8) is 0 Å². The molecule has 0 heterocycles. The van der Waals surface area contributed by atoms with Gasteiger partial charge in [0.05, 0.1) is 7.11 Å². The molecule has 2 rings (SSSR count). The van der Waals surface area contributed by atoms with Crippen molar-refractivity contribution in [2.24, 2.45) is 5.92 Å². The summed E-state index contributed by atoms with van der Waals surface area (Å²) in [6.07, 6.45) is 1.15. The van der Waals surface area contributed by atoms with Crippen LogP contribution in [0.25, 0.3) is 0 Å². The lowest BCUT2D eigenvalue weighted by Gasteiger charge is -2.24. The van der Waals surface area contributed by atoms with Crippen LogP contribution in [0.2, 0.25) is 0 Å². The van der Waals surface area contributed by atoms with Crippen LogP contribution in [0.1, 0.15) is 44.7 Å². The number of carbonyl (C=O) groups is 4. The smallest absolute Gasteiger partial charge is 0.328 e. The van der Waals surface area contributed by atoms with E-state index in [0.29, 0.717) is 12.3 Å². The Labute approximate surface area is 222 Å². The number of phenols is 1. The molecule has 37 heavy (non-hydrogen) atoms. The average molecular weight is 529 g/mol. The van der Waals surface area contributed by atoms with Crippen LogP contribution in [-0.2, 0) is 36.8 Å². The number of ether oxygens (including phenoxy) is 1. The second-order valence-electron chi connectivity index (χ2n) is 9.33. The van der Waals surface area contributed by atoms with E-state index in [1.165, 1.54) is 26.2 Å². The first-order valence-corrected chi connectivity index (χ1v) is 13.1. The first kappa shape index (κ1) is 29.9. The van der Waals surface area contributed by atoms with Gasteiger partial charge in [-0.2, -0.15) is 0 Å². The summed E-state index contributed by atoms with van der Waals surface area (Å²) in [7, 11) is 1.24. The topological polar surface area (TPSA) is 122 Å². The Morgan fingerprint density at radius 2 is 1.49 bits per heavy atom. The molecular formula is C28H36N2O6S. The molecule has 200 valence electrons. The van der Waals surface area contributed by atoms with Crippen molar-refractivity contribution in [2.75, 3.05) is 7.11 Å². The largest absolute Gasteiger partial charge is 0.508 e. The minimum absolute atomic E-state index is 0.0628. The minimum atomic E-state index is -0.987. The highest BCUT2D eigenvalue weighted by molar-refractivity contribution is 8.14. The Kier molecular flexibility index (Phi) is 12.2. The number of methoxy groups -OCH3 is 1. The first-order valence-electron chi connectivity index (χ1n) is 12.2. The molecule has 2 amide bonds. The number of carbonyl (C=O) groups excluding carboxylic acids is 4. The maximum absolute atomic E-state index is 13.4. The molecule has 0 saturated carbocycles. The van der Waals surface area contributed by atoms with Crippen molar-refractivity contribution in [1.29, 1.82) is 0 Å². The molecule has 3 N–H and O–H groups in total. The van der Waals surface area contributed by atoms with Crippen LogP contribution in [0.3, 0.4) is 0 Å². The quantitative estimate of drug-likeness (QED) is 0.341. The number of nitrogens with one attached hydrogen (secondary N) is 2. The zero-order valence-electron chi connectivity index (χ0n) is 21.7. The van der Waals surface area contributed by atoms with E-state index in [2.05, 4.69) is 10.6 Å². The lowest BCUT2D eigenvalue weighted by molar-refractivity contribution is -0.145. The Bertz CT molecular complexity index is 1040. The number of phenolic OH excluding ortho intramolecular Hbond substituents is 1. The molecule has 0 aliphatic heterocycles. The summed E-state index contributed by atoms with van der Waals surface area (Å²) in [4.78, 5) is 50.5. The summed E-state index contributed by atoms with van der Waals surface area (Å²) >= 11 is 1.14. The maximum Gasteiger partial charge on any atom is 0.328 e. The predicted octanol–water partition coefficient (Wildman–Crippen LogP) is 3.40. The van der Waals surface area contributed by atoms with Gasteiger partial charge in [-0.05, 0) is 35.6 Å². The second-order valence-corrected chi connectivity index (χ2v) is 10.8. The fourth-order valence-electron chi connectivity index (χ4n) is 3.93. The van der Waals surface area contributed by atoms with E-state index in [0.717, 1.165) is 22.9 Å². The maximum atomic E-state index is 13.4. The van der Waals surface area contributed by atoms with Gasteiger partial charge in [-0.15, -0.1) is 0 Å². The Morgan fingerprint density at radius 3 is 2.05 bits per heavy atom. The molecule has 2 aromatic carbocycles. The predicted molar refractivity (Wildman–Crippen MR) is 144 cm³/mol. The van der Waals surface area contributed by atoms with Crippen LogP contribution in [-0.4, -0.2) is 52.4 Å². The molecule has 0 aliphatic carbocycles. The van der Waals surface area contributed by atoms with Crippen LogP contribution >= 0.6 is 11.8 Å². The van der Waals surface area contributed by atoms with Crippen molar-refractivity contribution >= 4 is 34.7 Å². The molecule has 0 aromatic heterocycles. The molecule has 0 fully saturated rings. The molecule has 8 nitrogen and oxygen atoms in total. The van der Waals surface area contributed by atoms with Crippen molar-refractivity contribution < 1.29 is 29.0 Å². The highest BCUT2D eigenvalue weighted by Gasteiger charge is 2.29. The number of amides is 2. The van der Waals surface area contributed by atoms with Gasteiger partial charge in [-0.1, -0.05) is 68.1 Å². The third-order valence-corrected chi connectivity index (χ3v) is 6.62. The van der Waals surface area contributed by atoms with Crippen LogP contribution in [0, 0.1) is 5.92 Å². The van der Waals surface area contributed by atoms with Crippen LogP contribution in [0.5, 0.6) is 5.75 Å². The molecule has 0 aliphatic rings. The summed E-state index contributed by atoms with van der Waals surface area (Å²) in [6, 6.07) is 13.6. The van der Waals surface area contributed by atoms with E-state index in [1.807, 2.05) is 44.2 Å². The number of thioether (sulfide) groups is 1. The van der Waals surface area contributed by atoms with Gasteiger partial charge in [0.25, 0.3) is 0 Å². The van der Waals surface area contributed by atoms with Crippen LogP contribution in [0.4, 0.5) is 0 Å². The normalized spacial score (nSPS) is 13.3. The standard InChI is InChI=1S/C28H36N2O6S/c1-18(2)14-23(37-19(3)31)17-26(33)29-24(15-20-8-6-5-7-9-20)27(34)30-25(28(35)36-4)16-21-10-12-22(32)13-11-21/h5-13,18,23-25,32H,14-17H2,1-4H3,(H,29,33)(H,30,34)/t23?,24-,25-/m0/s1. The molecule has 2 aromatic rings. The molecule has 0 spiro atoms. The molecule has 0 radical (unpaired) electrons. The SMILES string of the molecule is COC(=O)[C@H](Cc1ccc(O)cc1)NC(=O)[C@H](Cc1ccccc1)NC(=O)CC(CC(C)C)SC(C)=O. The van der Waals surface area contributed by atoms with E-state index in [4.69, 9.17) is 4.74 Å². The summed E-state index contributed by atoms with van der Waals surface area (Å²) in [5.74, 6) is -1.10. The summed E-state index contributed by atoms with van der Waals surface area (Å²) in [5, 5.41) is 14.8. The van der Waals surface area contributed by atoms with E-state index < -0.39 is 24.0 Å². The molecule has 3 atom stereocenters. The van der Waals surface area contributed by atoms with Crippen molar-refractivity contribution in [3.05, 3.63) is 65.7 Å². The Balaban J connectivity index is 2.20. The van der Waals surface area contributed by atoms with E-state index >= 15 is 0 Å². The molecular weight excluding hydrogens is 492 g/mol. The number of rotatable bonds is 13. The zero-order chi connectivity index (χ0) is 27.4. The number of aromatic hydroxyl groups is 1. The summed E-state index contributed by atoms with van der Waals surface area (Å²) in [6.45, 7) is 5.53. The molecule has 0 bridgehead atoms. The van der Waals surface area contributed by atoms with Gasteiger partial charge in [0.1, 0.15) is 17.8 Å². The third-order valence-electron chi connectivity index (χ3n) is 5.59. The molecule has 1 unspecified atom stereocenters. The van der Waals surface area contributed by atoms with Crippen LogP contribution in [0.15, 0.2) is 54.6 Å². The number of hydrogen-bond acceptors (Lipinski definition) is 7. The molecule has 0 saturated heterocycles. The lowest BCUT2D eigenvalue weighted by Crippen LogP contribution is -2.53. The fraction of sp³-hybridized carbons (Fsp3) is 0.429. The van der Waals surface area contributed by atoms with Gasteiger partial charge in [0, 0.05) is 31.4 Å². The van der Waals surface area contributed by atoms with Crippen molar-refractivity contribution in [2.45, 2.75) is 63.8 Å². The van der Waals surface area contributed by atoms with Gasteiger partial charge in [-0.25, -0.2) is 4.79 Å². The highest BCUT2D eigenvalue weighted by atomic mass is 32.2. The fourth-order valence-corrected chi connectivity index (χ4v) is 5.11. The van der Waals surface area contributed by atoms with Crippen LogP contribution < -0.4 is 10.6 Å². The first-order chi connectivity index (χ1) is 17.6. The number of benzene rings is 2. The van der Waals surface area contributed by atoms with E-state index in [-0.39, 0.29) is 41.3 Å². The summed E-state index contributed by atoms with van der Waals surface area (Å²) < 4.78 is 4.89. The van der Waals surface area contributed by atoms with E-state index in [1.54, 1.807) is 12.1 Å². The number of hydrogen-bond donors (Lipinski definition) is 3. The third kappa shape index (κ3) is 11.1. The van der Waals surface area contributed by atoms with Crippen molar-refractivity contribution in [1.82, 2.24) is 10.6 Å². The number of esters is 1. The summed E-state index contributed by atoms with van der Waals surface area (Å²) in [5.41, 5.74) is 1.56. The lowest BCUT2D eigenvalue weighted by atomic mass is 10.0. The molecule has 9 heteroatoms. The minimum Gasteiger partial charge on any atom is -0.508 e. The van der Waals surface area contributed by atoms with Gasteiger partial charge < -0.3 is 20.5 Å².